The lowest BCUT2D eigenvalue weighted by Gasteiger charge is -2.23. The molecule has 1 fully saturated rings. The fourth-order valence-corrected chi connectivity index (χ4v) is 3.87. The summed E-state index contributed by atoms with van der Waals surface area (Å²) in [5.74, 6) is 0.141. The Morgan fingerprint density at radius 3 is 2.56 bits per heavy atom. The molecule has 0 unspecified atom stereocenters. The number of benzene rings is 2. The van der Waals surface area contributed by atoms with Crippen LogP contribution in [-0.2, 0) is 6.54 Å². The van der Waals surface area contributed by atoms with Gasteiger partial charge in [-0.25, -0.2) is 4.98 Å². The minimum absolute atomic E-state index is 0.368. The van der Waals surface area contributed by atoms with Crippen molar-refractivity contribution < 1.29 is 4.79 Å². The topological polar surface area (TPSA) is 86.5 Å². The zero-order valence-corrected chi connectivity index (χ0v) is 18.4. The van der Waals surface area contributed by atoms with E-state index in [1.807, 2.05) is 36.4 Å². The second-order valence-electron chi connectivity index (χ2n) is 8.13. The molecule has 0 saturated carbocycles. The van der Waals surface area contributed by atoms with Crippen molar-refractivity contribution in [2.24, 2.45) is 5.73 Å². The Labute approximate surface area is 189 Å². The maximum atomic E-state index is 11.8. The molecular weight excluding hydrogens is 400 g/mol. The molecule has 1 aliphatic heterocycles. The lowest BCUT2D eigenvalue weighted by atomic mass is 10.2. The van der Waals surface area contributed by atoms with Gasteiger partial charge in [0.2, 0.25) is 0 Å². The molecular formula is C25H30N6O. The van der Waals surface area contributed by atoms with Gasteiger partial charge in [-0.05, 0) is 49.8 Å². The summed E-state index contributed by atoms with van der Waals surface area (Å²) in [6.07, 6.45) is 2.69. The summed E-state index contributed by atoms with van der Waals surface area (Å²) >= 11 is 0. The minimum Gasteiger partial charge on any atom is -0.380 e. The molecule has 2 aromatic carbocycles. The Balaban J connectivity index is 1.45. The van der Waals surface area contributed by atoms with Crippen LogP contribution in [0.1, 0.15) is 22.3 Å². The maximum absolute atomic E-state index is 11.8. The fourth-order valence-electron chi connectivity index (χ4n) is 3.87. The van der Waals surface area contributed by atoms with Crippen molar-refractivity contribution in [3.05, 3.63) is 78.0 Å². The van der Waals surface area contributed by atoms with Gasteiger partial charge in [-0.15, -0.1) is 0 Å². The summed E-state index contributed by atoms with van der Waals surface area (Å²) in [7, 11) is 2.18. The molecule has 0 spiro atoms. The molecule has 0 bridgehead atoms. The molecule has 1 amide bonds. The number of pyridine rings is 1. The molecule has 0 radical (unpaired) electrons. The number of anilines is 4. The summed E-state index contributed by atoms with van der Waals surface area (Å²) in [5.41, 5.74) is 9.86. The van der Waals surface area contributed by atoms with Crippen molar-refractivity contribution in [3.63, 3.8) is 0 Å². The third-order valence-corrected chi connectivity index (χ3v) is 5.72. The van der Waals surface area contributed by atoms with Crippen LogP contribution in [0.2, 0.25) is 0 Å². The summed E-state index contributed by atoms with van der Waals surface area (Å²) < 4.78 is 0. The van der Waals surface area contributed by atoms with Gasteiger partial charge in [-0.2, -0.15) is 0 Å². The third-order valence-electron chi connectivity index (χ3n) is 5.72. The van der Waals surface area contributed by atoms with E-state index in [0.29, 0.717) is 23.6 Å². The second kappa shape index (κ2) is 10.2. The average molecular weight is 431 g/mol. The molecule has 0 aliphatic carbocycles. The highest BCUT2D eigenvalue weighted by Gasteiger charge is 2.13. The van der Waals surface area contributed by atoms with Gasteiger partial charge < -0.3 is 26.2 Å². The zero-order chi connectivity index (χ0) is 22.3. The number of nitrogens with zero attached hydrogens (tertiary/aromatic N) is 3. The largest absolute Gasteiger partial charge is 0.380 e. The molecule has 1 aromatic heterocycles. The number of nitrogens with one attached hydrogen (secondary N) is 2. The van der Waals surface area contributed by atoms with Crippen molar-refractivity contribution in [2.45, 2.75) is 13.0 Å². The van der Waals surface area contributed by atoms with Crippen LogP contribution >= 0.6 is 0 Å². The van der Waals surface area contributed by atoms with Crippen LogP contribution in [0.15, 0.2) is 66.9 Å². The third kappa shape index (κ3) is 5.56. The Bertz CT molecular complexity index is 1040. The first-order valence-electron chi connectivity index (χ1n) is 11.0. The molecule has 7 nitrogen and oxygen atoms in total. The van der Waals surface area contributed by atoms with Crippen LogP contribution in [0.5, 0.6) is 0 Å². The first-order chi connectivity index (χ1) is 15.6. The number of likely N-dealkylation sites (N-methyl/N-ethyl adjacent to an activating group) is 1. The smallest absolute Gasteiger partial charge is 0.252 e. The van der Waals surface area contributed by atoms with E-state index in [0.717, 1.165) is 37.4 Å². The minimum atomic E-state index is -0.507. The van der Waals surface area contributed by atoms with Gasteiger partial charge >= 0.3 is 0 Å². The summed E-state index contributed by atoms with van der Waals surface area (Å²) in [6, 6.07) is 20.2. The number of carbonyl (C=O) groups excluding carboxylic acids is 1. The predicted molar refractivity (Wildman–Crippen MR) is 131 cm³/mol. The van der Waals surface area contributed by atoms with E-state index in [2.05, 4.69) is 56.7 Å². The number of hydrogen-bond donors (Lipinski definition) is 3. The van der Waals surface area contributed by atoms with Gasteiger partial charge in [-0.3, -0.25) is 4.79 Å². The van der Waals surface area contributed by atoms with E-state index in [-0.39, 0.29) is 0 Å². The molecule has 7 heteroatoms. The van der Waals surface area contributed by atoms with Gasteiger partial charge in [-0.1, -0.05) is 30.3 Å². The number of rotatable bonds is 7. The molecule has 166 valence electrons. The van der Waals surface area contributed by atoms with Crippen molar-refractivity contribution in [1.29, 1.82) is 0 Å². The highest BCUT2D eigenvalue weighted by molar-refractivity contribution is 5.98. The van der Waals surface area contributed by atoms with Gasteiger partial charge in [0.1, 0.15) is 5.82 Å². The van der Waals surface area contributed by atoms with Gasteiger partial charge in [0.25, 0.3) is 5.91 Å². The molecule has 4 N–H and O–H groups in total. The first kappa shape index (κ1) is 21.6. The van der Waals surface area contributed by atoms with E-state index < -0.39 is 5.91 Å². The molecule has 1 saturated heterocycles. The normalized spacial score (nSPS) is 14.6. The van der Waals surface area contributed by atoms with E-state index in [1.54, 1.807) is 0 Å². The number of aromatic nitrogens is 1. The summed E-state index contributed by atoms with van der Waals surface area (Å²) in [6.45, 7) is 4.92. The van der Waals surface area contributed by atoms with E-state index >= 15 is 0 Å². The van der Waals surface area contributed by atoms with Crippen LogP contribution in [0.3, 0.4) is 0 Å². The summed E-state index contributed by atoms with van der Waals surface area (Å²) in [4.78, 5) is 21.0. The van der Waals surface area contributed by atoms with Gasteiger partial charge in [0.15, 0.2) is 0 Å². The monoisotopic (exact) mass is 430 g/mol. The number of primary amides is 1. The van der Waals surface area contributed by atoms with E-state index in [4.69, 9.17) is 5.73 Å². The Hall–Kier alpha value is -3.58. The van der Waals surface area contributed by atoms with E-state index in [9.17, 15) is 4.79 Å². The average Bonchev–Trinajstić information content (AvgIpc) is 3.03. The van der Waals surface area contributed by atoms with Crippen LogP contribution in [0.25, 0.3) is 0 Å². The Kier molecular flexibility index (Phi) is 6.87. The van der Waals surface area contributed by atoms with Crippen molar-refractivity contribution in [2.75, 3.05) is 48.8 Å². The Morgan fingerprint density at radius 2 is 1.81 bits per heavy atom. The number of nitrogens with two attached hydrogens (primary N) is 1. The molecule has 1 aliphatic rings. The van der Waals surface area contributed by atoms with Crippen LogP contribution in [0, 0.1) is 0 Å². The van der Waals surface area contributed by atoms with Gasteiger partial charge in [0, 0.05) is 49.8 Å². The number of carbonyl (C=O) groups is 1. The zero-order valence-electron chi connectivity index (χ0n) is 18.4. The number of amides is 1. The van der Waals surface area contributed by atoms with Crippen LogP contribution in [-0.4, -0.2) is 49.0 Å². The summed E-state index contributed by atoms with van der Waals surface area (Å²) in [5, 5.41) is 6.64. The molecule has 2 heterocycles. The predicted octanol–water partition coefficient (Wildman–Crippen LogP) is 3.68. The van der Waals surface area contributed by atoms with Crippen LogP contribution < -0.4 is 21.3 Å². The number of hydrogen-bond acceptors (Lipinski definition) is 6. The standard InChI is InChI=1S/C25H30N6O/c1-30-12-5-13-31(15-14-30)21-10-8-20(9-11-21)29-24-16-23(22(18-28-24)25(26)32)27-17-19-6-3-2-4-7-19/h2-4,6-11,16,18H,5,12-15,17H2,1H3,(H2,26,32)(H2,27,28,29). The molecule has 0 atom stereocenters. The quantitative estimate of drug-likeness (QED) is 0.530. The molecule has 32 heavy (non-hydrogen) atoms. The fraction of sp³-hybridized carbons (Fsp3) is 0.280. The molecule has 3 aromatic rings. The van der Waals surface area contributed by atoms with Crippen molar-refractivity contribution >= 4 is 28.8 Å². The van der Waals surface area contributed by atoms with Crippen molar-refractivity contribution in [3.8, 4) is 0 Å². The lowest BCUT2D eigenvalue weighted by molar-refractivity contribution is 0.100. The van der Waals surface area contributed by atoms with E-state index in [1.165, 1.54) is 18.3 Å². The second-order valence-corrected chi connectivity index (χ2v) is 8.13. The Morgan fingerprint density at radius 1 is 1.03 bits per heavy atom. The lowest BCUT2D eigenvalue weighted by Crippen LogP contribution is -2.28. The van der Waals surface area contributed by atoms with Crippen molar-refractivity contribution in [1.82, 2.24) is 9.88 Å². The first-order valence-corrected chi connectivity index (χ1v) is 11.0. The molecule has 4 rings (SSSR count). The maximum Gasteiger partial charge on any atom is 0.252 e. The highest BCUT2D eigenvalue weighted by atomic mass is 16.1. The highest BCUT2D eigenvalue weighted by Crippen LogP contribution is 2.24. The van der Waals surface area contributed by atoms with Crippen LogP contribution in [0.4, 0.5) is 22.9 Å². The SMILES string of the molecule is CN1CCCN(c2ccc(Nc3cc(NCc4ccccc4)c(C(N)=O)cn3)cc2)CC1. The van der Waals surface area contributed by atoms with Gasteiger partial charge in [0.05, 0.1) is 11.3 Å².